The Labute approximate surface area is 162 Å². The van der Waals surface area contributed by atoms with Crippen LogP contribution < -0.4 is 0 Å². The van der Waals surface area contributed by atoms with E-state index in [-0.39, 0.29) is 36.1 Å². The van der Waals surface area contributed by atoms with Crippen molar-refractivity contribution in [2.75, 3.05) is 13.2 Å². The van der Waals surface area contributed by atoms with E-state index in [1.54, 1.807) is 0 Å². The van der Waals surface area contributed by atoms with Crippen LogP contribution in [-0.2, 0) is 9.53 Å². The number of carbonyl (C=O) groups is 1. The Bertz CT molecular complexity index is 616. The molecule has 7 atom stereocenters. The summed E-state index contributed by atoms with van der Waals surface area (Å²) in [5, 5.41) is 31.3. The van der Waals surface area contributed by atoms with Crippen LogP contribution in [0.1, 0.15) is 66.2 Å². The predicted molar refractivity (Wildman–Crippen MR) is 103 cm³/mol. The molecule has 2 fully saturated rings. The number of hydrogen-bond acceptors (Lipinski definition) is 5. The summed E-state index contributed by atoms with van der Waals surface area (Å²) in [4.78, 5) is 11.1. The van der Waals surface area contributed by atoms with Gasteiger partial charge in [-0.3, -0.25) is 4.79 Å². The molecule has 0 aromatic rings. The predicted octanol–water partition coefficient (Wildman–Crippen LogP) is 2.82. The molecular formula is C22H36O5. The number of hydrogen-bond donors (Lipinski definition) is 3. The van der Waals surface area contributed by atoms with Gasteiger partial charge in [0, 0.05) is 18.9 Å². The molecule has 0 radical (unpaired) electrons. The lowest BCUT2D eigenvalue weighted by Gasteiger charge is -2.61. The first kappa shape index (κ1) is 20.8. The molecule has 0 aromatic carbocycles. The van der Waals surface area contributed by atoms with Gasteiger partial charge in [-0.15, -0.1) is 0 Å². The van der Waals surface area contributed by atoms with Crippen LogP contribution >= 0.6 is 0 Å². The van der Waals surface area contributed by atoms with Gasteiger partial charge in [0.05, 0.1) is 12.2 Å². The molecule has 3 aliphatic carbocycles. The van der Waals surface area contributed by atoms with Gasteiger partial charge in [0.2, 0.25) is 0 Å². The van der Waals surface area contributed by atoms with Crippen LogP contribution in [0.4, 0.5) is 0 Å². The largest absolute Gasteiger partial charge is 0.463 e. The molecule has 27 heavy (non-hydrogen) atoms. The maximum Gasteiger partial charge on any atom is 0.302 e. The lowest BCUT2D eigenvalue weighted by Crippen LogP contribution is -2.56. The van der Waals surface area contributed by atoms with Gasteiger partial charge < -0.3 is 20.1 Å². The molecule has 0 amide bonds. The summed E-state index contributed by atoms with van der Waals surface area (Å²) in [6.07, 6.45) is 6.39. The Kier molecular flexibility index (Phi) is 5.52. The van der Waals surface area contributed by atoms with Gasteiger partial charge in [0.1, 0.15) is 6.61 Å². The molecule has 0 saturated heterocycles. The van der Waals surface area contributed by atoms with Crippen LogP contribution in [-0.4, -0.2) is 46.7 Å². The van der Waals surface area contributed by atoms with E-state index in [0.29, 0.717) is 18.3 Å². The highest BCUT2D eigenvalue weighted by atomic mass is 16.5. The molecule has 0 aliphatic heterocycles. The third-order valence-electron chi connectivity index (χ3n) is 8.03. The van der Waals surface area contributed by atoms with Crippen molar-refractivity contribution < 1.29 is 24.9 Å². The number of carbonyl (C=O) groups excluding carboxylic acids is 1. The van der Waals surface area contributed by atoms with Crippen molar-refractivity contribution in [2.45, 2.75) is 78.4 Å². The number of fused-ring (bicyclic) bond motifs is 3. The quantitative estimate of drug-likeness (QED) is 0.516. The molecule has 0 heterocycles. The summed E-state index contributed by atoms with van der Waals surface area (Å²) in [5.74, 6) is 0.411. The van der Waals surface area contributed by atoms with Crippen LogP contribution in [0.2, 0.25) is 0 Å². The van der Waals surface area contributed by atoms with Gasteiger partial charge in [-0.05, 0) is 61.2 Å². The maximum atomic E-state index is 11.1. The Balaban J connectivity index is 1.86. The molecule has 5 nitrogen and oxygen atoms in total. The standard InChI is InChI=1S/C22H36O5/c1-14(24)27-12-19(26)20(2)8-7-17-15(9-20)5-6-18-21(3,13-23)10-16(25)11-22(17,18)4/h9,16-19,23,25-26H,5-8,10-13H2,1-4H3. The van der Waals surface area contributed by atoms with E-state index >= 15 is 0 Å². The number of ether oxygens (including phenoxy) is 1. The van der Waals surface area contributed by atoms with Gasteiger partial charge in [-0.1, -0.05) is 32.4 Å². The molecule has 3 aliphatic rings. The smallest absolute Gasteiger partial charge is 0.302 e. The fourth-order valence-electron chi connectivity index (χ4n) is 6.63. The topological polar surface area (TPSA) is 87.0 Å². The van der Waals surface area contributed by atoms with Gasteiger partial charge in [-0.25, -0.2) is 0 Å². The number of aliphatic hydroxyl groups excluding tert-OH is 3. The first-order chi connectivity index (χ1) is 12.5. The number of rotatable bonds is 4. The molecule has 154 valence electrons. The number of aliphatic hydroxyl groups is 3. The molecule has 3 rings (SSSR count). The van der Waals surface area contributed by atoms with Crippen molar-refractivity contribution in [1.29, 1.82) is 0 Å². The van der Waals surface area contributed by atoms with Crippen LogP contribution in [0.5, 0.6) is 0 Å². The second-order valence-electron chi connectivity index (χ2n) is 10.1. The lowest BCUT2D eigenvalue weighted by atomic mass is 9.44. The number of allylic oxidation sites excluding steroid dienone is 1. The highest BCUT2D eigenvalue weighted by Gasteiger charge is 2.58. The van der Waals surface area contributed by atoms with Crippen molar-refractivity contribution in [3.8, 4) is 0 Å². The Morgan fingerprint density at radius 2 is 2.00 bits per heavy atom. The van der Waals surface area contributed by atoms with E-state index in [4.69, 9.17) is 4.74 Å². The van der Waals surface area contributed by atoms with Gasteiger partial charge in [0.15, 0.2) is 0 Å². The highest BCUT2D eigenvalue weighted by Crippen LogP contribution is 2.63. The van der Waals surface area contributed by atoms with Crippen molar-refractivity contribution in [2.24, 2.45) is 28.1 Å². The van der Waals surface area contributed by atoms with Crippen LogP contribution in [0.15, 0.2) is 11.6 Å². The average molecular weight is 381 g/mol. The minimum absolute atomic E-state index is 0.0264. The summed E-state index contributed by atoms with van der Waals surface area (Å²) in [5.41, 5.74) is 0.728. The molecule has 5 heteroatoms. The zero-order valence-corrected chi connectivity index (χ0v) is 17.2. The first-order valence-corrected chi connectivity index (χ1v) is 10.4. The Morgan fingerprint density at radius 3 is 2.63 bits per heavy atom. The van der Waals surface area contributed by atoms with Gasteiger partial charge in [0.25, 0.3) is 0 Å². The van der Waals surface area contributed by atoms with Crippen molar-refractivity contribution >= 4 is 5.97 Å². The minimum atomic E-state index is -0.708. The summed E-state index contributed by atoms with van der Waals surface area (Å²) < 4.78 is 5.04. The fraction of sp³-hybridized carbons (Fsp3) is 0.864. The van der Waals surface area contributed by atoms with Crippen LogP contribution in [0.3, 0.4) is 0 Å². The van der Waals surface area contributed by atoms with Crippen molar-refractivity contribution in [3.05, 3.63) is 11.6 Å². The highest BCUT2D eigenvalue weighted by molar-refractivity contribution is 5.65. The summed E-state index contributed by atoms with van der Waals surface area (Å²) in [7, 11) is 0. The maximum absolute atomic E-state index is 11.1. The summed E-state index contributed by atoms with van der Waals surface area (Å²) in [6, 6.07) is 0. The van der Waals surface area contributed by atoms with E-state index < -0.39 is 11.5 Å². The summed E-state index contributed by atoms with van der Waals surface area (Å²) in [6.45, 7) is 7.98. The molecular weight excluding hydrogens is 344 g/mol. The second kappa shape index (κ2) is 7.16. The SMILES string of the molecule is CC(=O)OCC(O)C1(C)C=C2CCC3C(C)(CO)CC(O)CC3(C)C2CC1. The molecule has 3 N–H and O–H groups in total. The van der Waals surface area contributed by atoms with E-state index in [2.05, 4.69) is 19.9 Å². The average Bonchev–Trinajstić information content (AvgIpc) is 2.58. The van der Waals surface area contributed by atoms with E-state index in [9.17, 15) is 20.1 Å². The minimum Gasteiger partial charge on any atom is -0.463 e. The molecule has 2 saturated carbocycles. The Morgan fingerprint density at radius 1 is 1.30 bits per heavy atom. The van der Waals surface area contributed by atoms with Crippen molar-refractivity contribution in [1.82, 2.24) is 0 Å². The first-order valence-electron chi connectivity index (χ1n) is 10.4. The van der Waals surface area contributed by atoms with E-state index in [1.807, 2.05) is 6.92 Å². The summed E-state index contributed by atoms with van der Waals surface area (Å²) >= 11 is 0. The Hall–Kier alpha value is -0.910. The molecule has 0 spiro atoms. The monoisotopic (exact) mass is 380 g/mol. The third kappa shape index (κ3) is 3.58. The van der Waals surface area contributed by atoms with Crippen LogP contribution in [0.25, 0.3) is 0 Å². The number of esters is 1. The normalized spacial score (nSPS) is 45.3. The molecule has 0 bridgehead atoms. The van der Waals surface area contributed by atoms with E-state index in [0.717, 1.165) is 32.1 Å². The third-order valence-corrected chi connectivity index (χ3v) is 8.03. The zero-order valence-electron chi connectivity index (χ0n) is 17.2. The second-order valence-corrected chi connectivity index (χ2v) is 10.1. The zero-order chi connectivity index (χ0) is 20.0. The van der Waals surface area contributed by atoms with Crippen LogP contribution in [0, 0.1) is 28.1 Å². The lowest BCUT2D eigenvalue weighted by molar-refractivity contribution is -0.147. The van der Waals surface area contributed by atoms with Gasteiger partial charge in [-0.2, -0.15) is 0 Å². The van der Waals surface area contributed by atoms with Crippen molar-refractivity contribution in [3.63, 3.8) is 0 Å². The fourth-order valence-corrected chi connectivity index (χ4v) is 6.63. The molecule has 0 aromatic heterocycles. The molecule has 7 unspecified atom stereocenters. The van der Waals surface area contributed by atoms with E-state index in [1.165, 1.54) is 12.5 Å². The van der Waals surface area contributed by atoms with Gasteiger partial charge >= 0.3 is 5.97 Å².